The summed E-state index contributed by atoms with van der Waals surface area (Å²) in [5.41, 5.74) is 1.24. The summed E-state index contributed by atoms with van der Waals surface area (Å²) in [5.74, 6) is 0.223. The zero-order valence-corrected chi connectivity index (χ0v) is 18.3. The summed E-state index contributed by atoms with van der Waals surface area (Å²) >= 11 is 0. The number of hydrogen-bond donors (Lipinski definition) is 0. The second-order valence-corrected chi connectivity index (χ2v) is 11.3. The maximum atomic E-state index is 12.7. The summed E-state index contributed by atoms with van der Waals surface area (Å²) in [4.78, 5) is 15.2. The minimum absolute atomic E-state index is 0.223. The minimum Gasteiger partial charge on any atom is -0.340 e. The summed E-state index contributed by atoms with van der Waals surface area (Å²) in [6.07, 6.45) is 6.25. The SMILES string of the molecule is CC(C)(C)CC1CCCN1C(=O)CCc1ccc(S(=O)(=O)N2CCCC2)cc1. The Balaban J connectivity index is 1.56. The highest BCUT2D eigenvalue weighted by atomic mass is 32.2. The molecule has 0 bridgehead atoms. The number of rotatable bonds is 6. The number of likely N-dealkylation sites (tertiary alicyclic amines) is 1. The van der Waals surface area contributed by atoms with Gasteiger partial charge in [-0.3, -0.25) is 4.79 Å². The Morgan fingerprint density at radius 2 is 1.68 bits per heavy atom. The first-order valence-corrected chi connectivity index (χ1v) is 12.0. The first-order valence-electron chi connectivity index (χ1n) is 10.6. The van der Waals surface area contributed by atoms with Crippen molar-refractivity contribution in [1.29, 1.82) is 0 Å². The molecule has 3 rings (SSSR count). The number of amides is 1. The highest BCUT2D eigenvalue weighted by molar-refractivity contribution is 7.89. The molecule has 1 amide bonds. The van der Waals surface area contributed by atoms with Crippen LogP contribution in [0.4, 0.5) is 0 Å². The molecule has 6 heteroatoms. The Labute approximate surface area is 170 Å². The summed E-state index contributed by atoms with van der Waals surface area (Å²) in [6, 6.07) is 7.44. The van der Waals surface area contributed by atoms with Crippen LogP contribution >= 0.6 is 0 Å². The van der Waals surface area contributed by atoms with Crippen LogP contribution in [0.5, 0.6) is 0 Å². The van der Waals surface area contributed by atoms with Crippen LogP contribution in [0.3, 0.4) is 0 Å². The van der Waals surface area contributed by atoms with E-state index in [9.17, 15) is 13.2 Å². The molecule has 1 unspecified atom stereocenters. The molecule has 1 atom stereocenters. The molecule has 0 aromatic heterocycles. The normalized spacial score (nSPS) is 21.4. The van der Waals surface area contributed by atoms with Crippen molar-refractivity contribution in [3.05, 3.63) is 29.8 Å². The number of benzene rings is 1. The van der Waals surface area contributed by atoms with Gasteiger partial charge in [-0.15, -0.1) is 0 Å². The summed E-state index contributed by atoms with van der Waals surface area (Å²) in [5, 5.41) is 0. The fourth-order valence-corrected chi connectivity index (χ4v) is 5.90. The second kappa shape index (κ2) is 8.54. The van der Waals surface area contributed by atoms with E-state index in [1.54, 1.807) is 16.4 Å². The van der Waals surface area contributed by atoms with Crippen LogP contribution < -0.4 is 0 Å². The van der Waals surface area contributed by atoms with Crippen LogP contribution in [0.15, 0.2) is 29.2 Å². The molecule has 2 heterocycles. The number of hydrogen-bond acceptors (Lipinski definition) is 3. The minimum atomic E-state index is -3.37. The van der Waals surface area contributed by atoms with E-state index in [1.165, 1.54) is 0 Å². The van der Waals surface area contributed by atoms with E-state index >= 15 is 0 Å². The molecule has 5 nitrogen and oxygen atoms in total. The maximum absolute atomic E-state index is 12.7. The lowest BCUT2D eigenvalue weighted by Gasteiger charge is -2.30. The molecular weight excluding hydrogens is 372 g/mol. The Hall–Kier alpha value is -1.40. The average Bonchev–Trinajstić information content (AvgIpc) is 3.31. The smallest absolute Gasteiger partial charge is 0.243 e. The highest BCUT2D eigenvalue weighted by Gasteiger charge is 2.31. The quantitative estimate of drug-likeness (QED) is 0.721. The van der Waals surface area contributed by atoms with Crippen molar-refractivity contribution in [3.8, 4) is 0 Å². The van der Waals surface area contributed by atoms with Gasteiger partial charge in [-0.05, 0) is 61.6 Å². The van der Waals surface area contributed by atoms with Gasteiger partial charge in [0.05, 0.1) is 4.90 Å². The van der Waals surface area contributed by atoms with Crippen LogP contribution in [-0.4, -0.2) is 49.2 Å². The molecular formula is C22H34N2O3S. The number of carbonyl (C=O) groups excluding carboxylic acids is 1. The molecule has 2 aliphatic rings. The first-order chi connectivity index (χ1) is 13.2. The number of nitrogens with zero attached hydrogens (tertiary/aromatic N) is 2. The van der Waals surface area contributed by atoms with Crippen molar-refractivity contribution in [2.24, 2.45) is 5.41 Å². The number of carbonyl (C=O) groups is 1. The number of aryl methyl sites for hydroxylation is 1. The van der Waals surface area contributed by atoms with Gasteiger partial charge in [-0.25, -0.2) is 8.42 Å². The summed E-state index contributed by atoms with van der Waals surface area (Å²) in [7, 11) is -3.37. The fraction of sp³-hybridized carbons (Fsp3) is 0.682. The van der Waals surface area contributed by atoms with E-state index in [0.29, 0.717) is 36.9 Å². The molecule has 0 N–H and O–H groups in total. The maximum Gasteiger partial charge on any atom is 0.243 e. The fourth-order valence-electron chi connectivity index (χ4n) is 4.38. The van der Waals surface area contributed by atoms with Gasteiger partial charge in [0, 0.05) is 32.1 Å². The molecule has 156 valence electrons. The Morgan fingerprint density at radius 1 is 1.04 bits per heavy atom. The lowest BCUT2D eigenvalue weighted by atomic mass is 9.87. The van der Waals surface area contributed by atoms with Crippen molar-refractivity contribution < 1.29 is 13.2 Å². The molecule has 0 saturated carbocycles. The van der Waals surface area contributed by atoms with Crippen molar-refractivity contribution in [3.63, 3.8) is 0 Å². The topological polar surface area (TPSA) is 57.7 Å². The van der Waals surface area contributed by atoms with Gasteiger partial charge in [0.25, 0.3) is 0 Å². The van der Waals surface area contributed by atoms with Gasteiger partial charge in [-0.2, -0.15) is 4.31 Å². The molecule has 1 aromatic carbocycles. The lowest BCUT2D eigenvalue weighted by molar-refractivity contribution is -0.132. The standard InChI is InChI=1S/C22H34N2O3S/c1-22(2,3)17-19-7-6-16-24(19)21(25)13-10-18-8-11-20(12-9-18)28(26,27)23-14-4-5-15-23/h8-9,11-12,19H,4-7,10,13-17H2,1-3H3. The van der Waals surface area contributed by atoms with Crippen LogP contribution in [0.25, 0.3) is 0 Å². The van der Waals surface area contributed by atoms with Gasteiger partial charge in [-0.1, -0.05) is 32.9 Å². The van der Waals surface area contributed by atoms with Crippen molar-refractivity contribution in [1.82, 2.24) is 9.21 Å². The highest BCUT2D eigenvalue weighted by Crippen LogP contribution is 2.30. The third-order valence-corrected chi connectivity index (χ3v) is 7.71. The molecule has 0 spiro atoms. The molecule has 0 aliphatic carbocycles. The van der Waals surface area contributed by atoms with Crippen LogP contribution in [-0.2, 0) is 21.2 Å². The zero-order valence-electron chi connectivity index (χ0n) is 17.5. The second-order valence-electron chi connectivity index (χ2n) is 9.40. The van der Waals surface area contributed by atoms with Crippen molar-refractivity contribution in [2.45, 2.75) is 76.7 Å². The molecule has 0 radical (unpaired) electrons. The first kappa shape index (κ1) is 21.3. The van der Waals surface area contributed by atoms with Crippen LogP contribution in [0.1, 0.15) is 64.9 Å². The largest absolute Gasteiger partial charge is 0.340 e. The predicted molar refractivity (Wildman–Crippen MR) is 112 cm³/mol. The molecule has 2 aliphatic heterocycles. The number of sulfonamides is 1. The molecule has 2 saturated heterocycles. The van der Waals surface area contributed by atoms with Gasteiger partial charge >= 0.3 is 0 Å². The Kier molecular flexibility index (Phi) is 6.50. The Morgan fingerprint density at radius 3 is 2.29 bits per heavy atom. The predicted octanol–water partition coefficient (Wildman–Crippen LogP) is 3.83. The third kappa shape index (κ3) is 5.15. The van der Waals surface area contributed by atoms with Gasteiger partial charge in [0.1, 0.15) is 0 Å². The molecule has 2 fully saturated rings. The van der Waals surface area contributed by atoms with E-state index in [1.807, 2.05) is 12.1 Å². The average molecular weight is 407 g/mol. The van der Waals surface area contributed by atoms with E-state index in [2.05, 4.69) is 25.7 Å². The zero-order chi connectivity index (χ0) is 20.4. The molecule has 28 heavy (non-hydrogen) atoms. The summed E-state index contributed by atoms with van der Waals surface area (Å²) in [6.45, 7) is 8.78. The lowest BCUT2D eigenvalue weighted by Crippen LogP contribution is -2.37. The van der Waals surface area contributed by atoms with Crippen LogP contribution in [0.2, 0.25) is 0 Å². The van der Waals surface area contributed by atoms with Crippen molar-refractivity contribution in [2.75, 3.05) is 19.6 Å². The van der Waals surface area contributed by atoms with E-state index in [-0.39, 0.29) is 11.3 Å². The van der Waals surface area contributed by atoms with Crippen LogP contribution in [0, 0.1) is 5.41 Å². The Bertz CT molecular complexity index is 775. The monoisotopic (exact) mass is 406 g/mol. The van der Waals surface area contributed by atoms with E-state index < -0.39 is 10.0 Å². The molecule has 1 aromatic rings. The van der Waals surface area contributed by atoms with Gasteiger partial charge < -0.3 is 4.90 Å². The summed E-state index contributed by atoms with van der Waals surface area (Å²) < 4.78 is 26.8. The van der Waals surface area contributed by atoms with Gasteiger partial charge in [0.2, 0.25) is 15.9 Å². The van der Waals surface area contributed by atoms with Gasteiger partial charge in [0.15, 0.2) is 0 Å². The van der Waals surface area contributed by atoms with Crippen molar-refractivity contribution >= 4 is 15.9 Å². The van der Waals surface area contributed by atoms with E-state index in [0.717, 1.165) is 44.2 Å². The van der Waals surface area contributed by atoms with E-state index in [4.69, 9.17) is 0 Å². The third-order valence-electron chi connectivity index (χ3n) is 5.80.